The van der Waals surface area contributed by atoms with E-state index >= 15 is 0 Å². The van der Waals surface area contributed by atoms with Crippen LogP contribution in [0.1, 0.15) is 25.8 Å². The highest BCUT2D eigenvalue weighted by Gasteiger charge is 2.03. The molecule has 0 unspecified atom stereocenters. The molecule has 2 aromatic carbocycles. The molecule has 0 aliphatic carbocycles. The second-order valence-corrected chi connectivity index (χ2v) is 5.23. The van der Waals surface area contributed by atoms with Crippen LogP contribution >= 0.6 is 0 Å². The van der Waals surface area contributed by atoms with E-state index in [-0.39, 0.29) is 12.0 Å². The fourth-order valence-electron chi connectivity index (χ4n) is 2.12. The van der Waals surface area contributed by atoms with Gasteiger partial charge < -0.3 is 10.5 Å². The first kappa shape index (κ1) is 15.3. The second-order valence-electron chi connectivity index (χ2n) is 5.23. The van der Waals surface area contributed by atoms with E-state index in [0.717, 1.165) is 17.5 Å². The van der Waals surface area contributed by atoms with Gasteiger partial charge in [-0.1, -0.05) is 43.3 Å². The lowest BCUT2D eigenvalue weighted by Gasteiger charge is -2.08. The average Bonchev–Trinajstić information content (AvgIpc) is 2.48. The maximum Gasteiger partial charge on any atom is 0.310 e. The molecule has 0 fully saturated rings. The highest BCUT2D eigenvalue weighted by Crippen LogP contribution is 2.23. The minimum Gasteiger partial charge on any atom is -0.427 e. The van der Waals surface area contributed by atoms with Gasteiger partial charge >= 0.3 is 5.97 Å². The maximum atomic E-state index is 11.2. The second kappa shape index (κ2) is 7.04. The first-order chi connectivity index (χ1) is 10.1. The molecule has 0 spiro atoms. The number of carbonyl (C=O) groups is 1. The minimum absolute atomic E-state index is 0.170. The Morgan fingerprint density at radius 3 is 2.05 bits per heavy atom. The van der Waals surface area contributed by atoms with Crippen LogP contribution in [0.2, 0.25) is 0 Å². The van der Waals surface area contributed by atoms with Crippen LogP contribution in [0.15, 0.2) is 48.5 Å². The van der Waals surface area contributed by atoms with Crippen LogP contribution < -0.4 is 10.5 Å². The summed E-state index contributed by atoms with van der Waals surface area (Å²) in [7, 11) is 0. The zero-order chi connectivity index (χ0) is 15.2. The van der Waals surface area contributed by atoms with Crippen molar-refractivity contribution in [2.24, 2.45) is 5.73 Å². The van der Waals surface area contributed by atoms with Gasteiger partial charge in [0.05, 0.1) is 0 Å². The van der Waals surface area contributed by atoms with Gasteiger partial charge in [-0.15, -0.1) is 0 Å². The summed E-state index contributed by atoms with van der Waals surface area (Å²) in [5, 5.41) is 0. The van der Waals surface area contributed by atoms with Crippen molar-refractivity contribution >= 4 is 5.97 Å². The molecule has 0 aliphatic rings. The lowest BCUT2D eigenvalue weighted by atomic mass is 10.0. The zero-order valence-corrected chi connectivity index (χ0v) is 12.5. The summed E-state index contributed by atoms with van der Waals surface area (Å²) in [5.41, 5.74) is 9.27. The van der Waals surface area contributed by atoms with Crippen molar-refractivity contribution < 1.29 is 9.53 Å². The van der Waals surface area contributed by atoms with Gasteiger partial charge in [-0.25, -0.2) is 0 Å². The molecule has 21 heavy (non-hydrogen) atoms. The van der Waals surface area contributed by atoms with E-state index in [4.69, 9.17) is 10.5 Å². The Labute approximate surface area is 125 Å². The van der Waals surface area contributed by atoms with Crippen molar-refractivity contribution in [3.63, 3.8) is 0 Å². The number of rotatable bonds is 5. The van der Waals surface area contributed by atoms with Crippen molar-refractivity contribution in [1.82, 2.24) is 0 Å². The largest absolute Gasteiger partial charge is 0.427 e. The van der Waals surface area contributed by atoms with Gasteiger partial charge in [0.2, 0.25) is 0 Å². The molecule has 0 aliphatic heterocycles. The first-order valence-electron chi connectivity index (χ1n) is 7.24. The van der Waals surface area contributed by atoms with Crippen molar-refractivity contribution in [1.29, 1.82) is 0 Å². The van der Waals surface area contributed by atoms with Crippen LogP contribution in [0.4, 0.5) is 0 Å². The molecule has 0 radical (unpaired) electrons. The summed E-state index contributed by atoms with van der Waals surface area (Å²) in [6, 6.07) is 16.1. The molecule has 0 bridgehead atoms. The number of hydrogen-bond donors (Lipinski definition) is 1. The Balaban J connectivity index is 2.09. The first-order valence-corrected chi connectivity index (χ1v) is 7.24. The smallest absolute Gasteiger partial charge is 0.310 e. The molecule has 2 aromatic rings. The summed E-state index contributed by atoms with van der Waals surface area (Å²) in [6.07, 6.45) is 1.26. The molecular formula is C18H21NO2. The van der Waals surface area contributed by atoms with Crippen LogP contribution in [0.25, 0.3) is 11.1 Å². The number of hydrogen-bond acceptors (Lipinski definition) is 3. The molecule has 3 heteroatoms. The van der Waals surface area contributed by atoms with E-state index in [1.165, 1.54) is 5.56 Å². The molecule has 1 atom stereocenters. The van der Waals surface area contributed by atoms with Gasteiger partial charge in [0, 0.05) is 12.5 Å². The van der Waals surface area contributed by atoms with E-state index in [1.54, 1.807) is 6.92 Å². The van der Waals surface area contributed by atoms with Crippen LogP contribution in [0, 0.1) is 0 Å². The fourth-order valence-corrected chi connectivity index (χ4v) is 2.12. The molecule has 3 nitrogen and oxygen atoms in total. The zero-order valence-electron chi connectivity index (χ0n) is 12.5. The maximum absolute atomic E-state index is 11.2. The predicted octanol–water partition coefficient (Wildman–Crippen LogP) is 3.56. The summed E-state index contributed by atoms with van der Waals surface area (Å²) >= 11 is 0. The van der Waals surface area contributed by atoms with Gasteiger partial charge in [0.1, 0.15) is 5.75 Å². The van der Waals surface area contributed by atoms with Crippen molar-refractivity contribution in [2.45, 2.75) is 32.7 Å². The molecule has 0 saturated carbocycles. The number of ether oxygens (including phenoxy) is 1. The number of carbonyl (C=O) groups excluding carboxylic acids is 1. The average molecular weight is 283 g/mol. The van der Waals surface area contributed by atoms with Crippen molar-refractivity contribution in [2.75, 3.05) is 0 Å². The minimum atomic E-state index is -0.219. The van der Waals surface area contributed by atoms with E-state index in [2.05, 4.69) is 24.3 Å². The lowest BCUT2D eigenvalue weighted by Crippen LogP contribution is -2.17. The molecule has 0 heterocycles. The van der Waals surface area contributed by atoms with Crippen LogP contribution in [0.3, 0.4) is 0 Å². The number of benzene rings is 2. The summed E-state index contributed by atoms with van der Waals surface area (Å²) in [6.45, 7) is 3.78. The Kier molecular flexibility index (Phi) is 5.12. The standard InChI is InChI=1S/C18H21NO2/c1-3-18(20)21-17-10-8-16(9-11-17)15-6-4-14(5-7-15)12-13(2)19/h4-11,13H,3,12,19H2,1-2H3/t13-/m1/s1. The normalized spacial score (nSPS) is 12.0. The molecule has 0 aromatic heterocycles. The topological polar surface area (TPSA) is 52.3 Å². The summed E-state index contributed by atoms with van der Waals surface area (Å²) < 4.78 is 5.16. The quantitative estimate of drug-likeness (QED) is 0.674. The van der Waals surface area contributed by atoms with Crippen LogP contribution in [-0.4, -0.2) is 12.0 Å². The third-order valence-corrected chi connectivity index (χ3v) is 3.22. The molecule has 2 rings (SSSR count). The highest BCUT2D eigenvalue weighted by molar-refractivity contribution is 5.72. The van der Waals surface area contributed by atoms with E-state index in [9.17, 15) is 4.79 Å². The van der Waals surface area contributed by atoms with E-state index < -0.39 is 0 Å². The van der Waals surface area contributed by atoms with Crippen molar-refractivity contribution in [3.05, 3.63) is 54.1 Å². The number of nitrogens with two attached hydrogens (primary N) is 1. The third-order valence-electron chi connectivity index (χ3n) is 3.22. The van der Waals surface area contributed by atoms with Gasteiger partial charge in [0.15, 0.2) is 0 Å². The molecular weight excluding hydrogens is 262 g/mol. The Morgan fingerprint density at radius 1 is 1.05 bits per heavy atom. The monoisotopic (exact) mass is 283 g/mol. The van der Waals surface area contributed by atoms with E-state index in [0.29, 0.717) is 12.2 Å². The van der Waals surface area contributed by atoms with Gasteiger partial charge in [-0.3, -0.25) is 4.79 Å². The molecule has 0 saturated heterocycles. The van der Waals surface area contributed by atoms with Crippen molar-refractivity contribution in [3.8, 4) is 16.9 Å². The van der Waals surface area contributed by atoms with Gasteiger partial charge in [0.25, 0.3) is 0 Å². The molecule has 2 N–H and O–H groups in total. The van der Waals surface area contributed by atoms with Crippen LogP contribution in [0.5, 0.6) is 5.75 Å². The highest BCUT2D eigenvalue weighted by atomic mass is 16.5. The number of esters is 1. The summed E-state index contributed by atoms with van der Waals surface area (Å²) in [5.74, 6) is 0.363. The fraction of sp³-hybridized carbons (Fsp3) is 0.278. The van der Waals surface area contributed by atoms with Crippen LogP contribution in [-0.2, 0) is 11.2 Å². The van der Waals surface area contributed by atoms with Gasteiger partial charge in [-0.05, 0) is 42.2 Å². The van der Waals surface area contributed by atoms with Gasteiger partial charge in [-0.2, -0.15) is 0 Å². The Morgan fingerprint density at radius 2 is 1.57 bits per heavy atom. The predicted molar refractivity (Wildman–Crippen MR) is 85.2 cm³/mol. The Hall–Kier alpha value is -2.13. The SMILES string of the molecule is CCC(=O)Oc1ccc(-c2ccc(C[C@@H](C)N)cc2)cc1. The molecule has 110 valence electrons. The van der Waals surface area contributed by atoms with E-state index in [1.807, 2.05) is 31.2 Å². The summed E-state index contributed by atoms with van der Waals surface area (Å²) in [4.78, 5) is 11.2. The Bertz CT molecular complexity index is 586. The lowest BCUT2D eigenvalue weighted by molar-refractivity contribution is -0.134. The third kappa shape index (κ3) is 4.43. The molecule has 0 amide bonds.